The van der Waals surface area contributed by atoms with Crippen LogP contribution in [-0.4, -0.2) is 20.6 Å². The number of nitrogens with zero attached hydrogens (tertiary/aromatic N) is 2. The zero-order chi connectivity index (χ0) is 14.0. The van der Waals surface area contributed by atoms with E-state index in [4.69, 9.17) is 0 Å². The Morgan fingerprint density at radius 2 is 1.00 bits per heavy atom. The van der Waals surface area contributed by atoms with E-state index >= 15 is 0 Å². The summed E-state index contributed by atoms with van der Waals surface area (Å²) in [6, 6.07) is 0. The maximum Gasteiger partial charge on any atom is 0.488 e. The molecule has 0 aliphatic rings. The van der Waals surface area contributed by atoms with Gasteiger partial charge in [0.25, 0.3) is 0 Å². The van der Waals surface area contributed by atoms with Crippen LogP contribution in [0.4, 0.5) is 0 Å². The maximum atomic E-state index is 9.87. The summed E-state index contributed by atoms with van der Waals surface area (Å²) < 4.78 is 1.08. The average Bonchev–Trinajstić information content (AvgIpc) is 2.27. The molecule has 0 amide bonds. The van der Waals surface area contributed by atoms with Crippen molar-refractivity contribution in [2.24, 2.45) is 11.8 Å². The van der Waals surface area contributed by atoms with Crippen molar-refractivity contribution >= 4 is 0 Å². The third kappa shape index (κ3) is 4.70. The Morgan fingerprint density at radius 3 is 1.20 bits per heavy atom. The van der Waals surface area contributed by atoms with Crippen molar-refractivity contribution < 1.29 is 64.2 Å². The van der Waals surface area contributed by atoms with Gasteiger partial charge in [0.05, 0.1) is 22.3 Å². The molecule has 0 aromatic carbocycles. The number of aromatic nitrogens is 2. The molecule has 0 radical (unpaired) electrons. The summed E-state index contributed by atoms with van der Waals surface area (Å²) in [6.07, 6.45) is 0.664. The van der Waals surface area contributed by atoms with E-state index in [1.165, 1.54) is 0 Å². The third-order valence-corrected chi connectivity index (χ3v) is 2.63. The van der Waals surface area contributed by atoms with E-state index < -0.39 is 11.8 Å². The summed E-state index contributed by atoms with van der Waals surface area (Å²) in [5.41, 5.74) is 0.162. The molecule has 1 aromatic heterocycles. The van der Waals surface area contributed by atoms with Crippen LogP contribution in [-0.2, 0) is 47.0 Å². The Kier molecular flexibility index (Phi) is 9.26. The summed E-state index contributed by atoms with van der Waals surface area (Å²) in [5, 5.41) is 39.4. The Bertz CT molecular complexity index is 384. The predicted octanol–water partition coefficient (Wildman–Crippen LogP) is 0.539. The molecule has 0 atom stereocenters. The zero-order valence-electron chi connectivity index (χ0n) is 12.0. The fraction of sp³-hybridized carbons (Fsp3) is 0.667. The Morgan fingerprint density at radius 1 is 0.750 bits per heavy atom. The number of hydrogen-bond donors (Lipinski definition) is 4. The van der Waals surface area contributed by atoms with Gasteiger partial charge in [0.15, 0.2) is 0 Å². The van der Waals surface area contributed by atoms with Crippen LogP contribution >= 0.6 is 0 Å². The summed E-state index contributed by atoms with van der Waals surface area (Å²) in [5.74, 6) is -0.575. The van der Waals surface area contributed by atoms with Gasteiger partial charge in [-0.15, -0.1) is 0 Å². The van der Waals surface area contributed by atoms with Crippen LogP contribution in [0, 0.1) is 11.8 Å². The van der Waals surface area contributed by atoms with Crippen LogP contribution < -0.4 is 9.46 Å². The van der Waals surface area contributed by atoms with Crippen molar-refractivity contribution in [1.82, 2.24) is 0 Å². The molecule has 4 N–H and O–H groups in total. The van der Waals surface area contributed by atoms with Gasteiger partial charge in [0, 0.05) is 34.1 Å². The van der Waals surface area contributed by atoms with Crippen LogP contribution in [0.15, 0.2) is 0 Å². The predicted molar refractivity (Wildman–Crippen MR) is 61.6 cm³/mol. The minimum absolute atomic E-state index is 0. The molecule has 0 saturated heterocycles. The molecule has 1 heterocycles. The maximum absolute atomic E-state index is 9.87. The first-order valence-electron chi connectivity index (χ1n) is 6.07. The molecule has 118 valence electrons. The van der Waals surface area contributed by atoms with Crippen molar-refractivity contribution in [2.45, 2.75) is 40.5 Å². The van der Waals surface area contributed by atoms with E-state index in [0.717, 1.165) is 0 Å². The van der Waals surface area contributed by atoms with Gasteiger partial charge in [-0.25, -0.2) is 0 Å². The minimum Gasteiger partial charge on any atom is -0.452 e. The van der Waals surface area contributed by atoms with Gasteiger partial charge < -0.3 is 10.2 Å². The standard InChI is InChI=1S/C12H20N2O4.2Fe/c1-7(2)5-9-11(15)14(18)10(6-8(3)4)12(16)13(9)17;;/h7-8,17H,5-6H2,1-4H3,(H-,15,16,18);;/p+2. The first-order valence-corrected chi connectivity index (χ1v) is 6.07. The van der Waals surface area contributed by atoms with Crippen LogP contribution in [0.3, 0.4) is 0 Å². The first kappa shape index (κ1) is 21.6. The molecule has 0 aliphatic carbocycles. The van der Waals surface area contributed by atoms with E-state index in [1.54, 1.807) is 0 Å². The molecular formula is C12H22Fe2N2O4+2. The Balaban J connectivity index is 0. The minimum atomic E-state index is -0.445. The van der Waals surface area contributed by atoms with E-state index in [2.05, 4.69) is 0 Å². The third-order valence-electron chi connectivity index (χ3n) is 2.63. The van der Waals surface area contributed by atoms with Crippen LogP contribution in [0.25, 0.3) is 0 Å². The molecule has 1 aromatic rings. The normalized spacial score (nSPS) is 10.3. The van der Waals surface area contributed by atoms with Gasteiger partial charge in [0.1, 0.15) is 0 Å². The monoisotopic (exact) mass is 370 g/mol. The Labute approximate surface area is 139 Å². The second kappa shape index (κ2) is 8.57. The van der Waals surface area contributed by atoms with Gasteiger partial charge in [-0.3, -0.25) is 10.4 Å². The van der Waals surface area contributed by atoms with E-state index in [1.807, 2.05) is 27.7 Å². The van der Waals surface area contributed by atoms with Crippen LogP contribution in [0.5, 0.6) is 11.8 Å². The molecule has 0 bridgehead atoms. The molecule has 0 unspecified atom stereocenters. The first-order chi connectivity index (χ1) is 8.25. The molecule has 1 rings (SSSR count). The average molecular weight is 370 g/mol. The summed E-state index contributed by atoms with van der Waals surface area (Å²) in [4.78, 5) is 0. The molecule has 6 nitrogen and oxygen atoms in total. The van der Waals surface area contributed by atoms with Crippen molar-refractivity contribution in [2.75, 3.05) is 0 Å². The van der Waals surface area contributed by atoms with Gasteiger partial charge in [0.2, 0.25) is 0 Å². The van der Waals surface area contributed by atoms with Crippen molar-refractivity contribution in [1.29, 1.82) is 0 Å². The fourth-order valence-electron chi connectivity index (χ4n) is 1.82. The SMILES string of the molecule is CC(C)Cc1c(O)[n+](O)c(CC(C)C)c(O)[n+]1O.[Fe].[Fe]. The number of aromatic hydroxyl groups is 2. The largest absolute Gasteiger partial charge is 0.488 e. The number of hydrogen-bond acceptors (Lipinski definition) is 4. The molecule has 0 aliphatic heterocycles. The number of rotatable bonds is 4. The second-order valence-corrected chi connectivity index (χ2v) is 5.36. The quantitative estimate of drug-likeness (QED) is 0.354. The van der Waals surface area contributed by atoms with Gasteiger partial charge >= 0.3 is 23.1 Å². The van der Waals surface area contributed by atoms with E-state index in [0.29, 0.717) is 22.3 Å². The molecule has 20 heavy (non-hydrogen) atoms. The van der Waals surface area contributed by atoms with Crippen molar-refractivity contribution in [3.8, 4) is 11.8 Å². The van der Waals surface area contributed by atoms with E-state index in [-0.39, 0.29) is 57.4 Å². The summed E-state index contributed by atoms with van der Waals surface area (Å²) >= 11 is 0. The smallest absolute Gasteiger partial charge is 0.452 e. The van der Waals surface area contributed by atoms with Gasteiger partial charge in [-0.1, -0.05) is 27.7 Å². The Hall–Kier alpha value is -0.681. The van der Waals surface area contributed by atoms with Gasteiger partial charge in [-0.05, 0) is 11.8 Å². The molecular weight excluding hydrogens is 348 g/mol. The summed E-state index contributed by atoms with van der Waals surface area (Å²) in [7, 11) is 0. The molecule has 0 saturated carbocycles. The summed E-state index contributed by atoms with van der Waals surface area (Å²) in [6.45, 7) is 7.61. The van der Waals surface area contributed by atoms with Crippen LogP contribution in [0.2, 0.25) is 0 Å². The van der Waals surface area contributed by atoms with Crippen molar-refractivity contribution in [3.05, 3.63) is 11.4 Å². The van der Waals surface area contributed by atoms with Crippen molar-refractivity contribution in [3.63, 3.8) is 0 Å². The zero-order valence-corrected chi connectivity index (χ0v) is 14.2. The topological polar surface area (TPSA) is 88.7 Å². The van der Waals surface area contributed by atoms with Crippen LogP contribution in [0.1, 0.15) is 39.1 Å². The second-order valence-electron chi connectivity index (χ2n) is 5.36. The fourth-order valence-corrected chi connectivity index (χ4v) is 1.82. The molecule has 8 heteroatoms. The molecule has 0 spiro atoms. The molecule has 0 fully saturated rings. The van der Waals surface area contributed by atoms with Gasteiger partial charge in [-0.2, -0.15) is 0 Å². The van der Waals surface area contributed by atoms with E-state index in [9.17, 15) is 20.6 Å².